The summed E-state index contributed by atoms with van der Waals surface area (Å²) in [6, 6.07) is 5.02. The summed E-state index contributed by atoms with van der Waals surface area (Å²) >= 11 is 13.6. The molecule has 1 heterocycles. The summed E-state index contributed by atoms with van der Waals surface area (Å²) in [5.74, 6) is 0.656. The molecule has 1 aromatic carbocycles. The zero-order valence-electron chi connectivity index (χ0n) is 14.2. The average molecular weight is 401 g/mol. The Morgan fingerprint density at radius 2 is 2.00 bits per heavy atom. The number of guanidine groups is 1. The third-order valence-electron chi connectivity index (χ3n) is 3.34. The molecule has 0 radical (unpaired) electrons. The quantitative estimate of drug-likeness (QED) is 0.490. The van der Waals surface area contributed by atoms with Crippen molar-refractivity contribution in [2.45, 2.75) is 26.4 Å². The maximum atomic E-state index is 10.3. The molecule has 1 atom stereocenters. The number of nitrogens with zero attached hydrogens (tertiary/aromatic N) is 2. The SMILES string of the molecule is CCNC(=NCC(O)c1cc(Cl)cc(Cl)c1)NCCc1ncc(C)s1. The van der Waals surface area contributed by atoms with Gasteiger partial charge in [0.2, 0.25) is 0 Å². The molecule has 0 aliphatic rings. The van der Waals surface area contributed by atoms with E-state index >= 15 is 0 Å². The number of aliphatic hydroxyl groups is 1. The van der Waals surface area contributed by atoms with Gasteiger partial charge in [0.1, 0.15) is 0 Å². The van der Waals surface area contributed by atoms with Gasteiger partial charge < -0.3 is 15.7 Å². The maximum absolute atomic E-state index is 10.3. The zero-order valence-corrected chi connectivity index (χ0v) is 16.5. The summed E-state index contributed by atoms with van der Waals surface area (Å²) in [7, 11) is 0. The Morgan fingerprint density at radius 1 is 1.28 bits per heavy atom. The molecule has 1 unspecified atom stereocenters. The molecule has 0 aliphatic carbocycles. The fourth-order valence-corrected chi connectivity index (χ4v) is 3.53. The van der Waals surface area contributed by atoms with Crippen molar-refractivity contribution in [2.75, 3.05) is 19.6 Å². The largest absolute Gasteiger partial charge is 0.386 e. The topological polar surface area (TPSA) is 69.5 Å². The van der Waals surface area contributed by atoms with Gasteiger partial charge >= 0.3 is 0 Å². The number of hydrogen-bond donors (Lipinski definition) is 3. The first kappa shape index (κ1) is 20.0. The minimum atomic E-state index is -0.770. The number of aromatic nitrogens is 1. The van der Waals surface area contributed by atoms with Crippen molar-refractivity contribution in [3.05, 3.63) is 49.9 Å². The van der Waals surface area contributed by atoms with Crippen LogP contribution in [0.4, 0.5) is 0 Å². The van der Waals surface area contributed by atoms with Crippen molar-refractivity contribution in [3.63, 3.8) is 0 Å². The first-order valence-corrected chi connectivity index (χ1v) is 9.62. The molecule has 25 heavy (non-hydrogen) atoms. The molecule has 0 bridgehead atoms. The second kappa shape index (κ2) is 9.97. The van der Waals surface area contributed by atoms with Crippen LogP contribution in [0, 0.1) is 6.92 Å². The summed E-state index contributed by atoms with van der Waals surface area (Å²) in [6.07, 6.45) is 1.94. The van der Waals surface area contributed by atoms with Crippen LogP contribution >= 0.6 is 34.5 Å². The van der Waals surface area contributed by atoms with Crippen LogP contribution in [0.2, 0.25) is 10.0 Å². The van der Waals surface area contributed by atoms with Crippen molar-refractivity contribution >= 4 is 40.5 Å². The second-order valence-corrected chi connectivity index (χ2v) is 7.67. The molecule has 2 rings (SSSR count). The molecule has 0 spiro atoms. The molecule has 136 valence electrons. The lowest BCUT2D eigenvalue weighted by molar-refractivity contribution is 0.187. The van der Waals surface area contributed by atoms with Crippen LogP contribution in [0.15, 0.2) is 29.4 Å². The highest BCUT2D eigenvalue weighted by Crippen LogP contribution is 2.23. The molecule has 2 aromatic rings. The Hall–Kier alpha value is -1.34. The Kier molecular flexibility index (Phi) is 7.96. The van der Waals surface area contributed by atoms with E-state index in [4.69, 9.17) is 23.2 Å². The lowest BCUT2D eigenvalue weighted by Crippen LogP contribution is -2.38. The van der Waals surface area contributed by atoms with Crippen molar-refractivity contribution in [1.29, 1.82) is 0 Å². The minimum absolute atomic E-state index is 0.211. The number of rotatable bonds is 7. The summed E-state index contributed by atoms with van der Waals surface area (Å²) < 4.78 is 0. The third-order valence-corrected chi connectivity index (χ3v) is 4.75. The van der Waals surface area contributed by atoms with E-state index in [-0.39, 0.29) is 6.54 Å². The molecule has 0 saturated carbocycles. The van der Waals surface area contributed by atoms with Crippen molar-refractivity contribution in [2.24, 2.45) is 4.99 Å². The standard InChI is InChI=1S/C17H22Cl2N4OS/c1-3-20-17(21-5-4-16-22-9-11(2)25-16)23-10-15(24)12-6-13(18)8-14(19)7-12/h6-9,15,24H,3-5,10H2,1-2H3,(H2,20,21,23). The molecule has 5 nitrogen and oxygen atoms in total. The fourth-order valence-electron chi connectivity index (χ4n) is 2.20. The highest BCUT2D eigenvalue weighted by atomic mass is 35.5. The van der Waals surface area contributed by atoms with Crippen molar-refractivity contribution in [1.82, 2.24) is 15.6 Å². The van der Waals surface area contributed by atoms with Gasteiger partial charge in [0.05, 0.1) is 17.7 Å². The van der Waals surface area contributed by atoms with Crippen molar-refractivity contribution < 1.29 is 5.11 Å². The number of aliphatic imine (C=N–C) groups is 1. The number of hydrogen-bond acceptors (Lipinski definition) is 4. The van der Waals surface area contributed by atoms with Crippen LogP contribution in [0.3, 0.4) is 0 Å². The van der Waals surface area contributed by atoms with Gasteiger partial charge in [-0.15, -0.1) is 11.3 Å². The van der Waals surface area contributed by atoms with E-state index in [9.17, 15) is 5.11 Å². The molecule has 3 N–H and O–H groups in total. The molecular weight excluding hydrogens is 379 g/mol. The molecule has 0 fully saturated rings. The van der Waals surface area contributed by atoms with Gasteiger partial charge in [0, 0.05) is 40.6 Å². The van der Waals surface area contributed by atoms with Gasteiger partial charge in [-0.1, -0.05) is 23.2 Å². The normalized spacial score (nSPS) is 12.9. The number of nitrogens with one attached hydrogen (secondary N) is 2. The first-order valence-electron chi connectivity index (χ1n) is 8.05. The Labute approximate surface area is 162 Å². The molecule has 1 aromatic heterocycles. The Morgan fingerprint density at radius 3 is 2.60 bits per heavy atom. The summed E-state index contributed by atoms with van der Waals surface area (Å²) in [4.78, 5) is 9.98. The second-order valence-electron chi connectivity index (χ2n) is 5.48. The smallest absolute Gasteiger partial charge is 0.191 e. The maximum Gasteiger partial charge on any atom is 0.191 e. The van der Waals surface area contributed by atoms with E-state index < -0.39 is 6.10 Å². The summed E-state index contributed by atoms with van der Waals surface area (Å²) in [5.41, 5.74) is 0.648. The number of aryl methyl sites for hydroxylation is 1. The number of benzene rings is 1. The molecule has 0 aliphatic heterocycles. The summed E-state index contributed by atoms with van der Waals surface area (Å²) in [6.45, 7) is 5.71. The van der Waals surface area contributed by atoms with E-state index in [1.807, 2.05) is 20.0 Å². The van der Waals surface area contributed by atoms with E-state index in [2.05, 4.69) is 20.6 Å². The Balaban J connectivity index is 1.91. The lowest BCUT2D eigenvalue weighted by Gasteiger charge is -2.13. The third kappa shape index (κ3) is 6.82. The average Bonchev–Trinajstić information content (AvgIpc) is 2.96. The van der Waals surface area contributed by atoms with E-state index in [1.54, 1.807) is 29.5 Å². The van der Waals surface area contributed by atoms with Gasteiger partial charge in [-0.05, 0) is 37.6 Å². The highest BCUT2D eigenvalue weighted by molar-refractivity contribution is 7.11. The van der Waals surface area contributed by atoms with Gasteiger partial charge in [-0.3, -0.25) is 4.99 Å². The van der Waals surface area contributed by atoms with E-state index in [0.29, 0.717) is 21.6 Å². The van der Waals surface area contributed by atoms with Crippen LogP contribution in [0.1, 0.15) is 28.5 Å². The number of aliphatic hydroxyl groups excluding tert-OH is 1. The minimum Gasteiger partial charge on any atom is -0.386 e. The Bertz CT molecular complexity index is 700. The van der Waals surface area contributed by atoms with Gasteiger partial charge in [-0.2, -0.15) is 0 Å². The summed E-state index contributed by atoms with van der Waals surface area (Å²) in [5, 5.41) is 18.8. The molecule has 0 saturated heterocycles. The van der Waals surface area contributed by atoms with Gasteiger partial charge in [0.25, 0.3) is 0 Å². The van der Waals surface area contributed by atoms with Gasteiger partial charge in [0.15, 0.2) is 5.96 Å². The van der Waals surface area contributed by atoms with Crippen LogP contribution < -0.4 is 10.6 Å². The molecule has 0 amide bonds. The monoisotopic (exact) mass is 400 g/mol. The van der Waals surface area contributed by atoms with E-state index in [0.717, 1.165) is 24.5 Å². The first-order chi connectivity index (χ1) is 12.0. The molecule has 8 heteroatoms. The fraction of sp³-hybridized carbons (Fsp3) is 0.412. The lowest BCUT2D eigenvalue weighted by atomic mass is 10.1. The van der Waals surface area contributed by atoms with Crippen LogP contribution in [-0.2, 0) is 6.42 Å². The number of halogens is 2. The molecular formula is C17H22Cl2N4OS. The van der Waals surface area contributed by atoms with Crippen molar-refractivity contribution in [3.8, 4) is 0 Å². The number of thiazole rings is 1. The van der Waals surface area contributed by atoms with Crippen LogP contribution in [0.5, 0.6) is 0 Å². The van der Waals surface area contributed by atoms with E-state index in [1.165, 1.54) is 4.88 Å². The predicted octanol–water partition coefficient (Wildman–Crippen LogP) is 3.59. The van der Waals surface area contributed by atoms with Crippen LogP contribution in [0.25, 0.3) is 0 Å². The van der Waals surface area contributed by atoms with Crippen LogP contribution in [-0.4, -0.2) is 35.7 Å². The highest BCUT2D eigenvalue weighted by Gasteiger charge is 2.10. The van der Waals surface area contributed by atoms with Gasteiger partial charge in [-0.25, -0.2) is 4.98 Å². The predicted molar refractivity (Wildman–Crippen MR) is 106 cm³/mol. The zero-order chi connectivity index (χ0) is 18.2.